The van der Waals surface area contributed by atoms with E-state index >= 15 is 0 Å². The first-order valence-corrected chi connectivity index (χ1v) is 6.94. The third-order valence-corrected chi connectivity index (χ3v) is 3.36. The minimum absolute atomic E-state index is 0.590. The van der Waals surface area contributed by atoms with E-state index in [2.05, 4.69) is 22.2 Å². The molecule has 0 saturated heterocycles. The lowest BCUT2D eigenvalue weighted by molar-refractivity contribution is 0.415. The number of ether oxygens (including phenoxy) is 1. The fraction of sp³-hybridized carbons (Fsp3) is 0.333. The van der Waals surface area contributed by atoms with Crippen molar-refractivity contribution < 1.29 is 4.74 Å². The Balaban J connectivity index is 2.42. The molecule has 0 unspecified atom stereocenters. The first-order chi connectivity index (χ1) is 9.67. The predicted octanol–water partition coefficient (Wildman–Crippen LogP) is 3.94. The van der Waals surface area contributed by atoms with Crippen LogP contribution in [-0.4, -0.2) is 23.6 Å². The number of nitrogens with one attached hydrogen (secondary N) is 1. The summed E-state index contributed by atoms with van der Waals surface area (Å²) in [5.41, 5.74) is 2.87. The summed E-state index contributed by atoms with van der Waals surface area (Å²) in [7, 11) is 1.60. The van der Waals surface area contributed by atoms with Crippen molar-refractivity contribution in [2.45, 2.75) is 20.3 Å². The van der Waals surface area contributed by atoms with Crippen molar-refractivity contribution in [3.8, 4) is 17.0 Å². The van der Waals surface area contributed by atoms with Crippen molar-refractivity contribution in [1.82, 2.24) is 9.97 Å². The molecule has 0 saturated carbocycles. The molecule has 1 aromatic carbocycles. The van der Waals surface area contributed by atoms with Crippen molar-refractivity contribution >= 4 is 17.4 Å². The first kappa shape index (κ1) is 14.6. The molecule has 4 nitrogen and oxygen atoms in total. The molecule has 2 rings (SSSR count). The van der Waals surface area contributed by atoms with Crippen LogP contribution in [-0.2, 0) is 0 Å². The number of hydrogen-bond donors (Lipinski definition) is 1. The minimum atomic E-state index is 0.590. The van der Waals surface area contributed by atoms with Crippen LogP contribution in [0.4, 0.5) is 5.82 Å². The van der Waals surface area contributed by atoms with Crippen LogP contribution in [0.3, 0.4) is 0 Å². The van der Waals surface area contributed by atoms with Crippen molar-refractivity contribution in [3.63, 3.8) is 0 Å². The van der Waals surface area contributed by atoms with Crippen molar-refractivity contribution in [3.05, 3.63) is 35.1 Å². The molecule has 5 heteroatoms. The average molecular weight is 292 g/mol. The normalized spacial score (nSPS) is 10.4. The molecule has 106 valence electrons. The van der Waals surface area contributed by atoms with Crippen LogP contribution in [0.5, 0.6) is 5.75 Å². The van der Waals surface area contributed by atoms with Gasteiger partial charge in [0.05, 0.1) is 17.8 Å². The van der Waals surface area contributed by atoms with Gasteiger partial charge in [0.2, 0.25) is 0 Å². The molecule has 1 aromatic heterocycles. The number of rotatable bonds is 5. The quantitative estimate of drug-likeness (QED) is 0.906. The van der Waals surface area contributed by atoms with Gasteiger partial charge in [-0.25, -0.2) is 9.97 Å². The number of anilines is 1. The second-order valence-electron chi connectivity index (χ2n) is 4.47. The van der Waals surface area contributed by atoms with Crippen LogP contribution in [0.1, 0.15) is 18.9 Å². The van der Waals surface area contributed by atoms with E-state index in [1.54, 1.807) is 13.4 Å². The molecule has 0 aliphatic heterocycles. The summed E-state index contributed by atoms with van der Waals surface area (Å²) in [5.74, 6) is 1.51. The fourth-order valence-electron chi connectivity index (χ4n) is 1.97. The second kappa shape index (κ2) is 6.57. The summed E-state index contributed by atoms with van der Waals surface area (Å²) in [4.78, 5) is 8.66. The highest BCUT2D eigenvalue weighted by Gasteiger charge is 2.11. The monoisotopic (exact) mass is 291 g/mol. The second-order valence-corrected chi connectivity index (χ2v) is 4.88. The molecule has 1 heterocycles. The Labute approximate surface area is 124 Å². The summed E-state index contributed by atoms with van der Waals surface area (Å²) in [6, 6.07) is 5.64. The van der Waals surface area contributed by atoms with Crippen molar-refractivity contribution in [2.24, 2.45) is 0 Å². The third kappa shape index (κ3) is 3.02. The largest absolute Gasteiger partial charge is 0.495 e. The van der Waals surface area contributed by atoms with Crippen LogP contribution < -0.4 is 10.1 Å². The molecule has 0 aliphatic carbocycles. The number of halogens is 1. The molecule has 0 atom stereocenters. The topological polar surface area (TPSA) is 47.0 Å². The number of benzene rings is 1. The molecular formula is C15H18ClN3O. The maximum Gasteiger partial charge on any atom is 0.138 e. The molecule has 0 aliphatic rings. The predicted molar refractivity (Wildman–Crippen MR) is 82.5 cm³/mol. The summed E-state index contributed by atoms with van der Waals surface area (Å²) < 4.78 is 5.25. The zero-order valence-electron chi connectivity index (χ0n) is 11.9. The zero-order valence-corrected chi connectivity index (χ0v) is 12.7. The van der Waals surface area contributed by atoms with Crippen molar-refractivity contribution in [2.75, 3.05) is 19.0 Å². The van der Waals surface area contributed by atoms with E-state index in [9.17, 15) is 0 Å². The molecule has 20 heavy (non-hydrogen) atoms. The molecule has 0 amide bonds. The molecule has 2 aromatic rings. The van der Waals surface area contributed by atoms with E-state index in [0.717, 1.165) is 35.6 Å². The first-order valence-electron chi connectivity index (χ1n) is 6.56. The standard InChI is InChI=1S/C15H18ClN3O/c1-4-7-17-15-10(2)14(18-9-19-15)11-5-6-12(16)13(8-11)20-3/h5-6,8-9H,4,7H2,1-3H3,(H,17,18,19). The summed E-state index contributed by atoms with van der Waals surface area (Å²) >= 11 is 6.05. The number of hydrogen-bond acceptors (Lipinski definition) is 4. The molecule has 0 spiro atoms. The van der Waals surface area contributed by atoms with E-state index in [4.69, 9.17) is 16.3 Å². The number of nitrogens with zero attached hydrogens (tertiary/aromatic N) is 2. The molecule has 0 radical (unpaired) electrons. The van der Waals surface area contributed by atoms with Gasteiger partial charge in [0, 0.05) is 17.7 Å². The SMILES string of the molecule is CCCNc1ncnc(-c2ccc(Cl)c(OC)c2)c1C. The Morgan fingerprint density at radius 1 is 1.30 bits per heavy atom. The van der Waals surface area contributed by atoms with Gasteiger partial charge < -0.3 is 10.1 Å². The van der Waals surface area contributed by atoms with Gasteiger partial charge in [0.1, 0.15) is 17.9 Å². The van der Waals surface area contributed by atoms with E-state index in [1.165, 1.54) is 0 Å². The van der Waals surface area contributed by atoms with Gasteiger partial charge in [0.15, 0.2) is 0 Å². The highest BCUT2D eigenvalue weighted by atomic mass is 35.5. The third-order valence-electron chi connectivity index (χ3n) is 3.05. The molecule has 0 bridgehead atoms. The van der Waals surface area contributed by atoms with Gasteiger partial charge in [-0.1, -0.05) is 24.6 Å². The molecule has 1 N–H and O–H groups in total. The van der Waals surface area contributed by atoms with Gasteiger partial charge in [0.25, 0.3) is 0 Å². The van der Waals surface area contributed by atoms with Crippen LogP contribution in [0.2, 0.25) is 5.02 Å². The van der Waals surface area contributed by atoms with Gasteiger partial charge >= 0.3 is 0 Å². The zero-order chi connectivity index (χ0) is 14.5. The Kier molecular flexibility index (Phi) is 4.79. The van der Waals surface area contributed by atoms with Crippen molar-refractivity contribution in [1.29, 1.82) is 0 Å². The minimum Gasteiger partial charge on any atom is -0.495 e. The summed E-state index contributed by atoms with van der Waals surface area (Å²) in [6.45, 7) is 5.02. The Hall–Kier alpha value is -1.81. The highest BCUT2D eigenvalue weighted by Crippen LogP contribution is 2.31. The smallest absolute Gasteiger partial charge is 0.138 e. The van der Waals surface area contributed by atoms with Crippen LogP contribution in [0.15, 0.2) is 24.5 Å². The van der Waals surface area contributed by atoms with Crippen LogP contribution >= 0.6 is 11.6 Å². The summed E-state index contributed by atoms with van der Waals surface area (Å²) in [5, 5.41) is 3.89. The maximum atomic E-state index is 6.05. The van der Waals surface area contributed by atoms with Crippen LogP contribution in [0, 0.1) is 6.92 Å². The van der Waals surface area contributed by atoms with Gasteiger partial charge in [-0.3, -0.25) is 0 Å². The van der Waals surface area contributed by atoms with Crippen LogP contribution in [0.25, 0.3) is 11.3 Å². The Morgan fingerprint density at radius 2 is 2.10 bits per heavy atom. The Morgan fingerprint density at radius 3 is 2.80 bits per heavy atom. The van der Waals surface area contributed by atoms with E-state index < -0.39 is 0 Å². The highest BCUT2D eigenvalue weighted by molar-refractivity contribution is 6.32. The van der Waals surface area contributed by atoms with E-state index in [0.29, 0.717) is 10.8 Å². The molecule has 0 fully saturated rings. The maximum absolute atomic E-state index is 6.05. The lowest BCUT2D eigenvalue weighted by Gasteiger charge is -2.12. The van der Waals surface area contributed by atoms with Gasteiger partial charge in [-0.15, -0.1) is 0 Å². The number of aromatic nitrogens is 2. The average Bonchev–Trinajstić information content (AvgIpc) is 2.47. The lowest BCUT2D eigenvalue weighted by Crippen LogP contribution is -2.05. The Bertz CT molecular complexity index is 602. The van der Waals surface area contributed by atoms with E-state index in [-0.39, 0.29) is 0 Å². The molecular weight excluding hydrogens is 274 g/mol. The van der Waals surface area contributed by atoms with Gasteiger partial charge in [-0.2, -0.15) is 0 Å². The number of methoxy groups -OCH3 is 1. The van der Waals surface area contributed by atoms with E-state index in [1.807, 2.05) is 25.1 Å². The lowest BCUT2D eigenvalue weighted by atomic mass is 10.1. The summed E-state index contributed by atoms with van der Waals surface area (Å²) in [6.07, 6.45) is 2.62. The van der Waals surface area contributed by atoms with Gasteiger partial charge in [-0.05, 0) is 25.5 Å². The fourth-order valence-corrected chi connectivity index (χ4v) is 2.16.